The number of ether oxygens (including phenoxy) is 1. The molecule has 0 aliphatic rings. The number of H-pyrrole nitrogens is 1. The lowest BCUT2D eigenvalue weighted by Gasteiger charge is -2.09. The van der Waals surface area contributed by atoms with E-state index in [-0.39, 0.29) is 17.1 Å². The summed E-state index contributed by atoms with van der Waals surface area (Å²) < 4.78 is 5.11. The van der Waals surface area contributed by atoms with Gasteiger partial charge in [-0.3, -0.25) is 4.79 Å². The molecular weight excluding hydrogens is 288 g/mol. The van der Waals surface area contributed by atoms with Crippen LogP contribution < -0.4 is 10.3 Å². The molecule has 0 unspecified atom stereocenters. The first-order valence-electron chi connectivity index (χ1n) is 6.21. The molecule has 0 atom stereocenters. The van der Waals surface area contributed by atoms with Gasteiger partial charge in [-0.15, -0.1) is 0 Å². The van der Waals surface area contributed by atoms with Crippen molar-refractivity contribution in [1.29, 1.82) is 0 Å². The van der Waals surface area contributed by atoms with Gasteiger partial charge < -0.3 is 14.8 Å². The van der Waals surface area contributed by atoms with E-state index in [0.717, 1.165) is 15.7 Å². The molecule has 21 heavy (non-hydrogen) atoms. The van der Waals surface area contributed by atoms with Crippen LogP contribution in [0.25, 0.3) is 10.8 Å². The third kappa shape index (κ3) is 2.45. The van der Waals surface area contributed by atoms with Crippen molar-refractivity contribution in [2.75, 3.05) is 7.11 Å². The van der Waals surface area contributed by atoms with Crippen LogP contribution in [0.2, 0.25) is 0 Å². The molecule has 0 amide bonds. The van der Waals surface area contributed by atoms with Crippen molar-refractivity contribution in [3.05, 3.63) is 53.1 Å². The number of aromatic amines is 1. The van der Waals surface area contributed by atoms with Crippen LogP contribution in [-0.4, -0.2) is 22.2 Å². The van der Waals surface area contributed by atoms with E-state index in [9.17, 15) is 9.90 Å². The molecule has 0 aliphatic carbocycles. The molecule has 1 heterocycles. The predicted molar refractivity (Wildman–Crippen MR) is 81.1 cm³/mol. The summed E-state index contributed by atoms with van der Waals surface area (Å²) in [4.78, 5) is 19.2. The van der Waals surface area contributed by atoms with Crippen molar-refractivity contribution in [1.82, 2.24) is 9.97 Å². The van der Waals surface area contributed by atoms with Gasteiger partial charge in [0.2, 0.25) is 5.75 Å². The Bertz CT molecular complexity index is 861. The van der Waals surface area contributed by atoms with E-state index in [4.69, 9.17) is 4.74 Å². The Balaban J connectivity index is 2.13. The van der Waals surface area contributed by atoms with Crippen molar-refractivity contribution in [2.24, 2.45) is 0 Å². The second-order valence-electron chi connectivity index (χ2n) is 4.30. The Labute approximate surface area is 124 Å². The highest BCUT2D eigenvalue weighted by Gasteiger charge is 2.13. The van der Waals surface area contributed by atoms with Gasteiger partial charge in [-0.25, -0.2) is 4.98 Å². The maximum atomic E-state index is 11.7. The highest BCUT2D eigenvalue weighted by atomic mass is 32.2. The summed E-state index contributed by atoms with van der Waals surface area (Å²) >= 11 is 1.32. The SMILES string of the molecule is COc1c(Sc2ccc(O)c3ccccc23)nc[nH]c1=O. The van der Waals surface area contributed by atoms with Gasteiger partial charge in [0.1, 0.15) is 5.75 Å². The van der Waals surface area contributed by atoms with E-state index in [1.807, 2.05) is 24.3 Å². The molecule has 0 fully saturated rings. The lowest BCUT2D eigenvalue weighted by atomic mass is 10.1. The molecule has 6 heteroatoms. The molecule has 2 aromatic carbocycles. The van der Waals surface area contributed by atoms with Crippen molar-refractivity contribution in [3.8, 4) is 11.5 Å². The van der Waals surface area contributed by atoms with Crippen molar-refractivity contribution < 1.29 is 9.84 Å². The molecule has 3 aromatic rings. The first-order chi connectivity index (χ1) is 10.2. The molecular formula is C15H12N2O3S. The summed E-state index contributed by atoms with van der Waals surface area (Å²) in [5.41, 5.74) is -0.321. The maximum Gasteiger partial charge on any atom is 0.294 e. The molecule has 0 radical (unpaired) electrons. The van der Waals surface area contributed by atoms with Gasteiger partial charge in [0.05, 0.1) is 13.4 Å². The van der Waals surface area contributed by atoms with Crippen LogP contribution >= 0.6 is 11.8 Å². The summed E-state index contributed by atoms with van der Waals surface area (Å²) in [6.45, 7) is 0. The van der Waals surface area contributed by atoms with Gasteiger partial charge in [0.15, 0.2) is 5.03 Å². The third-order valence-electron chi connectivity index (χ3n) is 3.05. The summed E-state index contributed by atoms with van der Waals surface area (Å²) in [5.74, 6) is 0.403. The summed E-state index contributed by atoms with van der Waals surface area (Å²) in [5, 5.41) is 12.0. The second kappa shape index (κ2) is 5.49. The summed E-state index contributed by atoms with van der Waals surface area (Å²) in [7, 11) is 1.44. The fourth-order valence-corrected chi connectivity index (χ4v) is 3.08. The number of aromatic hydroxyl groups is 1. The molecule has 0 spiro atoms. The van der Waals surface area contributed by atoms with Crippen molar-refractivity contribution >= 4 is 22.5 Å². The molecule has 1 aromatic heterocycles. The lowest BCUT2D eigenvalue weighted by molar-refractivity contribution is 0.393. The van der Waals surface area contributed by atoms with Gasteiger partial charge in [-0.2, -0.15) is 0 Å². The minimum atomic E-state index is -0.321. The number of phenolic OH excluding ortho intramolecular Hbond substituents is 1. The molecule has 0 saturated heterocycles. The lowest BCUT2D eigenvalue weighted by Crippen LogP contribution is -2.10. The van der Waals surface area contributed by atoms with Crippen LogP contribution in [0.3, 0.4) is 0 Å². The molecule has 0 bridgehead atoms. The standard InChI is InChI=1S/C15H12N2O3S/c1-20-13-14(19)16-8-17-15(13)21-12-7-6-11(18)9-4-2-3-5-10(9)12/h2-8,18H,1H3,(H,16,17,19). The number of nitrogens with one attached hydrogen (secondary N) is 1. The monoisotopic (exact) mass is 300 g/mol. The number of aromatic nitrogens is 2. The zero-order valence-electron chi connectivity index (χ0n) is 11.2. The van der Waals surface area contributed by atoms with Crippen LogP contribution in [0.15, 0.2) is 57.4 Å². The number of rotatable bonds is 3. The van der Waals surface area contributed by atoms with E-state index in [2.05, 4.69) is 9.97 Å². The predicted octanol–water partition coefficient (Wildman–Crippen LogP) is 2.79. The topological polar surface area (TPSA) is 75.2 Å². The number of benzene rings is 2. The van der Waals surface area contributed by atoms with Crippen molar-refractivity contribution in [3.63, 3.8) is 0 Å². The Morgan fingerprint density at radius 1 is 1.19 bits per heavy atom. The fraction of sp³-hybridized carbons (Fsp3) is 0.0667. The molecule has 3 rings (SSSR count). The molecule has 5 nitrogen and oxygen atoms in total. The van der Waals surface area contributed by atoms with Gasteiger partial charge in [0.25, 0.3) is 5.56 Å². The van der Waals surface area contributed by atoms with Gasteiger partial charge >= 0.3 is 0 Å². The van der Waals surface area contributed by atoms with Crippen molar-refractivity contribution in [2.45, 2.75) is 9.92 Å². The highest BCUT2D eigenvalue weighted by Crippen LogP contribution is 2.38. The largest absolute Gasteiger partial charge is 0.507 e. The first kappa shape index (κ1) is 13.5. The number of methoxy groups -OCH3 is 1. The smallest absolute Gasteiger partial charge is 0.294 e. The number of nitrogens with zero attached hydrogens (tertiary/aromatic N) is 1. The average molecular weight is 300 g/mol. The van der Waals surface area contributed by atoms with E-state index in [1.165, 1.54) is 25.2 Å². The Morgan fingerprint density at radius 2 is 1.95 bits per heavy atom. The quantitative estimate of drug-likeness (QED) is 0.727. The normalized spacial score (nSPS) is 10.7. The van der Waals surface area contributed by atoms with Gasteiger partial charge in [0, 0.05) is 10.3 Å². The van der Waals surface area contributed by atoms with Crippen LogP contribution in [-0.2, 0) is 0 Å². The van der Waals surface area contributed by atoms with Crippen LogP contribution in [0.4, 0.5) is 0 Å². The maximum absolute atomic E-state index is 11.7. The van der Waals surface area contributed by atoms with Crippen LogP contribution in [0, 0.1) is 0 Å². The Hall–Kier alpha value is -2.47. The minimum Gasteiger partial charge on any atom is -0.507 e. The second-order valence-corrected chi connectivity index (χ2v) is 5.33. The molecule has 2 N–H and O–H groups in total. The average Bonchev–Trinajstić information content (AvgIpc) is 2.51. The van der Waals surface area contributed by atoms with E-state index < -0.39 is 0 Å². The van der Waals surface area contributed by atoms with Gasteiger partial charge in [-0.05, 0) is 17.5 Å². The van der Waals surface area contributed by atoms with E-state index in [1.54, 1.807) is 12.1 Å². The zero-order chi connectivity index (χ0) is 14.8. The van der Waals surface area contributed by atoms with Crippen LogP contribution in [0.1, 0.15) is 0 Å². The third-order valence-corrected chi connectivity index (χ3v) is 4.11. The van der Waals surface area contributed by atoms with E-state index >= 15 is 0 Å². The summed E-state index contributed by atoms with van der Waals surface area (Å²) in [6, 6.07) is 10.9. The zero-order valence-corrected chi connectivity index (χ0v) is 12.0. The summed E-state index contributed by atoms with van der Waals surface area (Å²) in [6.07, 6.45) is 1.34. The molecule has 106 valence electrons. The van der Waals surface area contributed by atoms with E-state index in [0.29, 0.717) is 5.03 Å². The fourth-order valence-electron chi connectivity index (χ4n) is 2.07. The number of hydrogen-bond acceptors (Lipinski definition) is 5. The Kier molecular flexibility index (Phi) is 3.53. The highest BCUT2D eigenvalue weighted by molar-refractivity contribution is 7.99. The Morgan fingerprint density at radius 3 is 2.71 bits per heavy atom. The minimum absolute atomic E-state index is 0.180. The first-order valence-corrected chi connectivity index (χ1v) is 7.02. The number of fused-ring (bicyclic) bond motifs is 1. The number of phenols is 1. The molecule has 0 saturated carbocycles. The number of hydrogen-bond donors (Lipinski definition) is 2. The van der Waals surface area contributed by atoms with Crippen LogP contribution in [0.5, 0.6) is 11.5 Å². The molecule has 0 aliphatic heterocycles. The van der Waals surface area contributed by atoms with Gasteiger partial charge in [-0.1, -0.05) is 36.0 Å².